The number of nitro groups is 1. The number of alkyl halides is 1. The van der Waals surface area contributed by atoms with Crippen molar-refractivity contribution in [1.82, 2.24) is 0 Å². The van der Waals surface area contributed by atoms with E-state index in [2.05, 4.69) is 15.9 Å². The molecule has 20 heavy (non-hydrogen) atoms. The van der Waals surface area contributed by atoms with E-state index < -0.39 is 0 Å². The summed E-state index contributed by atoms with van der Waals surface area (Å²) in [6.07, 6.45) is 12.9. The van der Waals surface area contributed by atoms with Gasteiger partial charge < -0.3 is 0 Å². The highest BCUT2D eigenvalue weighted by atomic mass is 79.9. The Balaban J connectivity index is 2.06. The molecule has 0 radical (unpaired) electrons. The first-order valence-electron chi connectivity index (χ1n) is 8.40. The van der Waals surface area contributed by atoms with Gasteiger partial charge in [-0.1, -0.05) is 67.3 Å². The van der Waals surface area contributed by atoms with Gasteiger partial charge in [-0.3, -0.25) is 10.1 Å². The molecule has 0 aliphatic heterocycles. The monoisotopic (exact) mass is 345 g/mol. The van der Waals surface area contributed by atoms with E-state index in [1.807, 2.05) is 0 Å². The Bertz CT molecular complexity index is 299. The van der Waals surface area contributed by atoms with Crippen molar-refractivity contribution in [2.45, 2.75) is 64.2 Å². The van der Waals surface area contributed by atoms with Crippen LogP contribution in [0.15, 0.2) is 0 Å². The van der Waals surface area contributed by atoms with E-state index in [4.69, 9.17) is 0 Å². The van der Waals surface area contributed by atoms with Gasteiger partial charge in [0.05, 0.1) is 0 Å². The van der Waals surface area contributed by atoms with Crippen LogP contribution in [0.2, 0.25) is 0 Å². The van der Waals surface area contributed by atoms with Gasteiger partial charge in [0.2, 0.25) is 6.54 Å². The molecule has 0 aromatic rings. The Hall–Kier alpha value is -0.120. The molecule has 2 rings (SSSR count). The van der Waals surface area contributed by atoms with Gasteiger partial charge in [-0.05, 0) is 30.6 Å². The quantitative estimate of drug-likeness (QED) is 0.384. The molecule has 0 spiro atoms. The largest absolute Gasteiger partial charge is 0.265 e. The summed E-state index contributed by atoms with van der Waals surface area (Å²) in [7, 11) is 0. The molecule has 0 amide bonds. The zero-order chi connectivity index (χ0) is 14.4. The molecule has 4 heteroatoms. The lowest BCUT2D eigenvalue weighted by molar-refractivity contribution is -0.492. The van der Waals surface area contributed by atoms with Crippen molar-refractivity contribution >= 4 is 15.9 Å². The maximum Gasteiger partial charge on any atom is 0.207 e. The topological polar surface area (TPSA) is 43.1 Å². The third-order valence-electron chi connectivity index (χ3n) is 5.60. The Labute approximate surface area is 131 Å². The molecular weight excluding hydrogens is 318 g/mol. The molecule has 2 fully saturated rings. The summed E-state index contributed by atoms with van der Waals surface area (Å²) in [6.45, 7) is 0.192. The number of nitrogens with zero attached hydrogens (tertiary/aromatic N) is 1. The average Bonchev–Trinajstić information content (AvgIpc) is 2.49. The van der Waals surface area contributed by atoms with Crippen LogP contribution in [0.1, 0.15) is 64.2 Å². The van der Waals surface area contributed by atoms with Gasteiger partial charge in [0, 0.05) is 16.2 Å². The van der Waals surface area contributed by atoms with Gasteiger partial charge >= 0.3 is 0 Å². The molecule has 116 valence electrons. The summed E-state index contributed by atoms with van der Waals surface area (Å²) in [5.74, 6) is 2.13. The van der Waals surface area contributed by atoms with Crippen molar-refractivity contribution < 1.29 is 4.92 Å². The molecule has 3 nitrogen and oxygen atoms in total. The van der Waals surface area contributed by atoms with Crippen molar-refractivity contribution in [3.8, 4) is 0 Å². The Kier molecular flexibility index (Phi) is 6.79. The van der Waals surface area contributed by atoms with Gasteiger partial charge in [0.1, 0.15) is 0 Å². The predicted octanol–water partition coefficient (Wildman–Crippen LogP) is 5.05. The smallest absolute Gasteiger partial charge is 0.207 e. The first kappa shape index (κ1) is 16.3. The fourth-order valence-electron chi connectivity index (χ4n) is 4.52. The van der Waals surface area contributed by atoms with Crippen LogP contribution in [-0.4, -0.2) is 16.8 Å². The molecular formula is C16H28BrNO2. The number of halogens is 1. The van der Waals surface area contributed by atoms with Crippen molar-refractivity contribution in [2.75, 3.05) is 11.9 Å². The third kappa shape index (κ3) is 4.44. The lowest BCUT2D eigenvalue weighted by Crippen LogP contribution is -2.37. The van der Waals surface area contributed by atoms with Crippen LogP contribution in [0, 0.1) is 33.8 Å². The van der Waals surface area contributed by atoms with Crippen LogP contribution < -0.4 is 0 Å². The molecule has 2 unspecified atom stereocenters. The second-order valence-corrected chi connectivity index (χ2v) is 7.44. The molecule has 0 heterocycles. The third-order valence-corrected chi connectivity index (χ3v) is 6.35. The lowest BCUT2D eigenvalue weighted by Gasteiger charge is -2.38. The SMILES string of the molecule is O=[N+]([O-])CC(C1CCCCC1)C(CBr)C1CCCCC1. The van der Waals surface area contributed by atoms with Crippen LogP contribution in [0.4, 0.5) is 0 Å². The molecule has 0 aromatic heterocycles. The second-order valence-electron chi connectivity index (χ2n) is 6.79. The van der Waals surface area contributed by atoms with Crippen LogP contribution in [0.3, 0.4) is 0 Å². The average molecular weight is 346 g/mol. The summed E-state index contributed by atoms with van der Waals surface area (Å²) < 4.78 is 0. The standard InChI is InChI=1S/C16H28BrNO2/c17-11-15(13-7-3-1-4-8-13)16(12-18(19)20)14-9-5-2-6-10-14/h13-16H,1-12H2. The van der Waals surface area contributed by atoms with Crippen molar-refractivity contribution in [2.24, 2.45) is 23.7 Å². The summed E-state index contributed by atoms with van der Waals surface area (Å²) in [5, 5.41) is 12.1. The number of hydrogen-bond acceptors (Lipinski definition) is 2. The lowest BCUT2D eigenvalue weighted by atomic mass is 9.68. The Morgan fingerprint density at radius 3 is 1.75 bits per heavy atom. The maximum absolute atomic E-state index is 11.1. The molecule has 2 aliphatic carbocycles. The van der Waals surface area contributed by atoms with Gasteiger partial charge in [0.15, 0.2) is 0 Å². The van der Waals surface area contributed by atoms with Gasteiger partial charge in [-0.25, -0.2) is 0 Å². The minimum atomic E-state index is -0.0578. The number of rotatable bonds is 6. The van der Waals surface area contributed by atoms with E-state index in [9.17, 15) is 10.1 Å². The zero-order valence-corrected chi connectivity index (χ0v) is 14.0. The van der Waals surface area contributed by atoms with Gasteiger partial charge in [-0.15, -0.1) is 0 Å². The van der Waals surface area contributed by atoms with Crippen LogP contribution >= 0.6 is 15.9 Å². The predicted molar refractivity (Wildman–Crippen MR) is 85.8 cm³/mol. The van der Waals surface area contributed by atoms with E-state index in [0.717, 1.165) is 11.2 Å². The first-order valence-corrected chi connectivity index (χ1v) is 9.52. The summed E-state index contributed by atoms with van der Waals surface area (Å²) in [6, 6.07) is 0. The Morgan fingerprint density at radius 2 is 1.35 bits per heavy atom. The van der Waals surface area contributed by atoms with Gasteiger partial charge in [0.25, 0.3) is 0 Å². The van der Waals surface area contributed by atoms with Crippen molar-refractivity contribution in [3.05, 3.63) is 10.1 Å². The fourth-order valence-corrected chi connectivity index (χ4v) is 5.53. The molecule has 0 bridgehead atoms. The van der Waals surface area contributed by atoms with E-state index in [0.29, 0.717) is 17.8 Å². The fraction of sp³-hybridized carbons (Fsp3) is 1.00. The van der Waals surface area contributed by atoms with E-state index in [-0.39, 0.29) is 11.5 Å². The molecule has 0 aromatic carbocycles. The highest BCUT2D eigenvalue weighted by Crippen LogP contribution is 2.42. The summed E-state index contributed by atoms with van der Waals surface area (Å²) in [5.41, 5.74) is 0. The Morgan fingerprint density at radius 1 is 0.900 bits per heavy atom. The normalized spacial score (nSPS) is 25.2. The van der Waals surface area contributed by atoms with Gasteiger partial charge in [-0.2, -0.15) is 0 Å². The molecule has 2 atom stereocenters. The minimum absolute atomic E-state index is 0.0578. The zero-order valence-electron chi connectivity index (χ0n) is 12.4. The van der Waals surface area contributed by atoms with Crippen LogP contribution in [-0.2, 0) is 0 Å². The van der Waals surface area contributed by atoms with E-state index in [1.165, 1.54) is 64.2 Å². The van der Waals surface area contributed by atoms with Crippen molar-refractivity contribution in [3.63, 3.8) is 0 Å². The molecule has 0 N–H and O–H groups in total. The summed E-state index contributed by atoms with van der Waals surface area (Å²) >= 11 is 3.69. The first-order chi connectivity index (χ1) is 9.72. The van der Waals surface area contributed by atoms with E-state index in [1.54, 1.807) is 0 Å². The highest BCUT2D eigenvalue weighted by molar-refractivity contribution is 9.09. The molecule has 0 saturated heterocycles. The molecule has 2 saturated carbocycles. The maximum atomic E-state index is 11.1. The van der Waals surface area contributed by atoms with Crippen molar-refractivity contribution in [1.29, 1.82) is 0 Å². The summed E-state index contributed by atoms with van der Waals surface area (Å²) in [4.78, 5) is 11.1. The second kappa shape index (κ2) is 8.35. The van der Waals surface area contributed by atoms with Crippen LogP contribution in [0.5, 0.6) is 0 Å². The number of hydrogen-bond donors (Lipinski definition) is 0. The minimum Gasteiger partial charge on any atom is -0.265 e. The van der Waals surface area contributed by atoms with Crippen LogP contribution in [0.25, 0.3) is 0 Å². The van der Waals surface area contributed by atoms with E-state index >= 15 is 0 Å². The highest BCUT2D eigenvalue weighted by Gasteiger charge is 2.37. The molecule has 2 aliphatic rings.